The lowest BCUT2D eigenvalue weighted by Crippen LogP contribution is -2.60. The molecule has 1 aliphatic heterocycles. The summed E-state index contributed by atoms with van der Waals surface area (Å²) in [5.41, 5.74) is 3.02. The lowest BCUT2D eigenvalue weighted by atomic mass is 10.1. The average Bonchev–Trinajstić information content (AvgIpc) is 3.15. The number of H-pyrrole nitrogens is 1. The number of benzene rings is 2. The molecule has 1 aliphatic rings. The summed E-state index contributed by atoms with van der Waals surface area (Å²) in [6, 6.07) is 15.5. The van der Waals surface area contributed by atoms with Gasteiger partial charge in [0.05, 0.1) is 30.5 Å². The molecular formula is C20H22N4O2. The van der Waals surface area contributed by atoms with Crippen molar-refractivity contribution in [3.05, 3.63) is 60.4 Å². The Morgan fingerprint density at radius 3 is 2.88 bits per heavy atom. The molecule has 1 atom stereocenters. The summed E-state index contributed by atoms with van der Waals surface area (Å²) in [5.74, 6) is 0.0394. The zero-order chi connectivity index (χ0) is 18.1. The molecule has 2 aromatic carbocycles. The first-order valence-corrected chi connectivity index (χ1v) is 8.72. The number of ether oxygens (including phenoxy) is 1. The monoisotopic (exact) mass is 350 g/mol. The fraction of sp³-hybridized carbons (Fsp3) is 0.300. The van der Waals surface area contributed by atoms with E-state index in [0.29, 0.717) is 25.3 Å². The van der Waals surface area contributed by atoms with Gasteiger partial charge in [0.25, 0.3) is 5.91 Å². The molecule has 26 heavy (non-hydrogen) atoms. The van der Waals surface area contributed by atoms with E-state index in [1.165, 1.54) is 0 Å². The van der Waals surface area contributed by atoms with Crippen molar-refractivity contribution < 1.29 is 9.53 Å². The van der Waals surface area contributed by atoms with Gasteiger partial charge in [-0.05, 0) is 37.3 Å². The Balaban J connectivity index is 1.57. The Hall–Kier alpha value is -2.86. The highest BCUT2D eigenvalue weighted by atomic mass is 16.5. The normalized spacial score (nSPS) is 20.3. The highest BCUT2D eigenvalue weighted by molar-refractivity contribution is 5.94. The van der Waals surface area contributed by atoms with Crippen molar-refractivity contribution in [2.75, 3.05) is 31.6 Å². The number of nitrogens with zero attached hydrogens (tertiary/aromatic N) is 3. The van der Waals surface area contributed by atoms with E-state index in [4.69, 9.17) is 4.74 Å². The molecule has 6 nitrogen and oxygen atoms in total. The van der Waals surface area contributed by atoms with Crippen molar-refractivity contribution in [3.63, 3.8) is 0 Å². The molecule has 3 aromatic rings. The Morgan fingerprint density at radius 1 is 1.27 bits per heavy atom. The van der Waals surface area contributed by atoms with Gasteiger partial charge >= 0.3 is 0 Å². The van der Waals surface area contributed by atoms with Gasteiger partial charge < -0.3 is 19.5 Å². The largest absolute Gasteiger partial charge is 0.352 e. The number of rotatable bonds is 3. The smallest absolute Gasteiger partial charge is 0.254 e. The van der Waals surface area contributed by atoms with Crippen LogP contribution in [0.15, 0.2) is 54.9 Å². The fourth-order valence-corrected chi connectivity index (χ4v) is 3.40. The molecule has 0 spiro atoms. The van der Waals surface area contributed by atoms with Crippen LogP contribution < -0.4 is 4.90 Å². The second-order valence-corrected chi connectivity index (χ2v) is 6.78. The van der Waals surface area contributed by atoms with Gasteiger partial charge in [-0.1, -0.05) is 18.2 Å². The zero-order valence-corrected chi connectivity index (χ0v) is 15.0. The molecule has 6 heteroatoms. The van der Waals surface area contributed by atoms with Crippen LogP contribution in [0, 0.1) is 0 Å². The van der Waals surface area contributed by atoms with E-state index in [9.17, 15) is 4.79 Å². The third kappa shape index (κ3) is 2.93. The third-order valence-electron chi connectivity index (χ3n) is 5.07. The number of aromatic amines is 1. The summed E-state index contributed by atoms with van der Waals surface area (Å²) in [6.07, 6.45) is 1.69. The number of amides is 1. The first kappa shape index (κ1) is 16.6. The summed E-state index contributed by atoms with van der Waals surface area (Å²) in [5, 5.41) is 0. The highest BCUT2D eigenvalue weighted by Crippen LogP contribution is 2.29. The number of imidazole rings is 1. The summed E-state index contributed by atoms with van der Waals surface area (Å²) >= 11 is 0. The molecule has 0 bridgehead atoms. The predicted octanol–water partition coefficient (Wildman–Crippen LogP) is 2.89. The number of hydrogen-bond donors (Lipinski definition) is 1. The van der Waals surface area contributed by atoms with Crippen LogP contribution in [-0.2, 0) is 4.74 Å². The van der Waals surface area contributed by atoms with E-state index in [-0.39, 0.29) is 5.91 Å². The van der Waals surface area contributed by atoms with Gasteiger partial charge in [0.1, 0.15) is 0 Å². The summed E-state index contributed by atoms with van der Waals surface area (Å²) in [4.78, 5) is 24.2. The second-order valence-electron chi connectivity index (χ2n) is 6.78. The number of anilines is 1. The lowest BCUT2D eigenvalue weighted by molar-refractivity contribution is -0.0864. The van der Waals surface area contributed by atoms with Gasteiger partial charge in [0, 0.05) is 24.8 Å². The molecule has 1 aromatic heterocycles. The van der Waals surface area contributed by atoms with Gasteiger partial charge in [-0.15, -0.1) is 0 Å². The number of carbonyl (C=O) groups is 1. The van der Waals surface area contributed by atoms with Crippen LogP contribution in [0.25, 0.3) is 11.0 Å². The van der Waals surface area contributed by atoms with Gasteiger partial charge in [0.15, 0.2) is 5.72 Å². The molecule has 1 amide bonds. The minimum atomic E-state index is -0.601. The molecule has 1 saturated heterocycles. The standard InChI is InChI=1S/C20H22N4O2/c1-20(23(2)16-8-9-17-18(12-16)22-14-21-17)13-24(10-11-26-20)19(25)15-6-4-3-5-7-15/h3-9,12,14H,10-11,13H2,1-2H3,(H,21,22). The topological polar surface area (TPSA) is 61.5 Å². The Bertz CT molecular complexity index is 924. The lowest BCUT2D eigenvalue weighted by Gasteiger charge is -2.46. The van der Waals surface area contributed by atoms with Gasteiger partial charge in [-0.25, -0.2) is 4.98 Å². The maximum absolute atomic E-state index is 12.8. The van der Waals surface area contributed by atoms with Crippen molar-refractivity contribution in [1.29, 1.82) is 0 Å². The quantitative estimate of drug-likeness (QED) is 0.789. The molecule has 0 aliphatic carbocycles. The minimum absolute atomic E-state index is 0.0394. The number of aromatic nitrogens is 2. The molecule has 1 N–H and O–H groups in total. The predicted molar refractivity (Wildman–Crippen MR) is 101 cm³/mol. The van der Waals surface area contributed by atoms with E-state index < -0.39 is 5.72 Å². The maximum Gasteiger partial charge on any atom is 0.254 e. The Labute approximate surface area is 152 Å². The molecule has 1 unspecified atom stereocenters. The summed E-state index contributed by atoms with van der Waals surface area (Å²) in [6.45, 7) is 3.62. The van der Waals surface area contributed by atoms with E-state index in [0.717, 1.165) is 16.7 Å². The zero-order valence-electron chi connectivity index (χ0n) is 15.0. The van der Waals surface area contributed by atoms with Crippen LogP contribution in [0.4, 0.5) is 5.69 Å². The number of hydrogen-bond acceptors (Lipinski definition) is 4. The minimum Gasteiger partial charge on any atom is -0.352 e. The van der Waals surface area contributed by atoms with Crippen LogP contribution in [0.3, 0.4) is 0 Å². The van der Waals surface area contributed by atoms with Crippen LogP contribution in [0.5, 0.6) is 0 Å². The van der Waals surface area contributed by atoms with E-state index in [1.54, 1.807) is 6.33 Å². The molecule has 2 heterocycles. The second kappa shape index (κ2) is 6.46. The fourth-order valence-electron chi connectivity index (χ4n) is 3.40. The number of carbonyl (C=O) groups excluding carboxylic acids is 1. The van der Waals surface area contributed by atoms with Crippen molar-refractivity contribution in [3.8, 4) is 0 Å². The van der Waals surface area contributed by atoms with Crippen molar-refractivity contribution in [1.82, 2.24) is 14.9 Å². The Kier molecular flexibility index (Phi) is 4.12. The Morgan fingerprint density at radius 2 is 2.08 bits per heavy atom. The van der Waals surface area contributed by atoms with Crippen molar-refractivity contribution >= 4 is 22.6 Å². The van der Waals surface area contributed by atoms with Crippen molar-refractivity contribution in [2.24, 2.45) is 0 Å². The van der Waals surface area contributed by atoms with Crippen LogP contribution >= 0.6 is 0 Å². The maximum atomic E-state index is 12.8. The molecule has 1 fully saturated rings. The van der Waals surface area contributed by atoms with Crippen LogP contribution in [0.2, 0.25) is 0 Å². The van der Waals surface area contributed by atoms with Crippen molar-refractivity contribution in [2.45, 2.75) is 12.6 Å². The third-order valence-corrected chi connectivity index (χ3v) is 5.07. The van der Waals surface area contributed by atoms with Crippen LogP contribution in [-0.4, -0.2) is 53.2 Å². The van der Waals surface area contributed by atoms with E-state index in [1.807, 2.05) is 61.3 Å². The molecular weight excluding hydrogens is 328 g/mol. The highest BCUT2D eigenvalue weighted by Gasteiger charge is 2.38. The number of nitrogens with one attached hydrogen (secondary N) is 1. The molecule has 0 radical (unpaired) electrons. The van der Waals surface area contributed by atoms with Crippen LogP contribution in [0.1, 0.15) is 17.3 Å². The number of morpholine rings is 1. The van der Waals surface area contributed by atoms with Gasteiger partial charge in [0.2, 0.25) is 0 Å². The molecule has 4 rings (SSSR count). The molecule has 0 saturated carbocycles. The molecule has 134 valence electrons. The first-order chi connectivity index (χ1) is 12.6. The first-order valence-electron chi connectivity index (χ1n) is 8.72. The summed E-state index contributed by atoms with van der Waals surface area (Å²) < 4.78 is 6.10. The van der Waals surface area contributed by atoms with Gasteiger partial charge in [-0.2, -0.15) is 0 Å². The van der Waals surface area contributed by atoms with Gasteiger partial charge in [-0.3, -0.25) is 4.79 Å². The number of fused-ring (bicyclic) bond motifs is 1. The van der Waals surface area contributed by atoms with E-state index in [2.05, 4.69) is 20.9 Å². The average molecular weight is 350 g/mol. The number of likely N-dealkylation sites (N-methyl/N-ethyl adjacent to an activating group) is 1. The van der Waals surface area contributed by atoms with E-state index >= 15 is 0 Å². The summed E-state index contributed by atoms with van der Waals surface area (Å²) in [7, 11) is 1.99. The SMILES string of the molecule is CN(c1ccc2nc[nH]c2c1)C1(C)CN(C(=O)c2ccccc2)CCO1.